The van der Waals surface area contributed by atoms with Crippen molar-refractivity contribution in [2.75, 3.05) is 33.1 Å². The molecule has 6 heteroatoms. The number of hydrogen-bond donors (Lipinski definition) is 0. The van der Waals surface area contributed by atoms with Gasteiger partial charge in [0.25, 0.3) is 0 Å². The van der Waals surface area contributed by atoms with Crippen molar-refractivity contribution in [1.29, 1.82) is 0 Å². The van der Waals surface area contributed by atoms with Crippen molar-refractivity contribution in [3.05, 3.63) is 74.1 Å². The van der Waals surface area contributed by atoms with Crippen LogP contribution in [0.15, 0.2) is 52.6 Å². The van der Waals surface area contributed by atoms with Gasteiger partial charge >= 0.3 is 0 Å². The van der Waals surface area contributed by atoms with Crippen LogP contribution in [0.1, 0.15) is 26.4 Å². The third-order valence-corrected chi connectivity index (χ3v) is 10.9. The van der Waals surface area contributed by atoms with Crippen molar-refractivity contribution in [2.45, 2.75) is 20.0 Å². The molecule has 1 aromatic carbocycles. The lowest BCUT2D eigenvalue weighted by atomic mass is 9.88. The molecule has 0 bridgehead atoms. The molecule has 1 aromatic heterocycles. The Kier molecular flexibility index (Phi) is 5.18. The van der Waals surface area contributed by atoms with Gasteiger partial charge in [0.05, 0.1) is 10.8 Å². The van der Waals surface area contributed by atoms with Crippen LogP contribution < -0.4 is 15.2 Å². The summed E-state index contributed by atoms with van der Waals surface area (Å²) in [5, 5.41) is 16.6. The molecule has 160 valence electrons. The van der Waals surface area contributed by atoms with Gasteiger partial charge in [-0.3, -0.25) is 0 Å². The topological polar surface area (TPSA) is 46.4 Å². The lowest BCUT2D eigenvalue weighted by Gasteiger charge is -2.38. The quantitative estimate of drug-likeness (QED) is 0.536. The summed E-state index contributed by atoms with van der Waals surface area (Å²) < 4.78 is 2.12. The molecule has 4 nitrogen and oxygen atoms in total. The molecule has 0 N–H and O–H groups in total. The molecule has 2 heterocycles. The van der Waals surface area contributed by atoms with Gasteiger partial charge in [0.1, 0.15) is 22.2 Å². The Morgan fingerprint density at radius 1 is 1.16 bits per heavy atom. The van der Waals surface area contributed by atoms with Crippen LogP contribution in [0.4, 0.5) is 5.69 Å². The van der Waals surface area contributed by atoms with Gasteiger partial charge in [-0.25, -0.2) is 4.58 Å². The van der Waals surface area contributed by atoms with Crippen LogP contribution in [-0.4, -0.2) is 52.5 Å². The molecule has 31 heavy (non-hydrogen) atoms. The van der Waals surface area contributed by atoms with E-state index in [0.29, 0.717) is 4.88 Å². The first kappa shape index (κ1) is 21.5. The second-order valence-corrected chi connectivity index (χ2v) is 14.4. The molecule has 0 fully saturated rings. The van der Waals surface area contributed by atoms with E-state index >= 15 is 0 Å². The summed E-state index contributed by atoms with van der Waals surface area (Å²) in [5.74, 6) is -1.11. The number of carbonyl (C=O) groups excluding carboxylic acids is 1. The first-order chi connectivity index (χ1) is 14.5. The van der Waals surface area contributed by atoms with Crippen molar-refractivity contribution in [2.24, 2.45) is 0 Å². The van der Waals surface area contributed by atoms with Gasteiger partial charge in [-0.1, -0.05) is 19.2 Å². The molecule has 2 aliphatic rings. The van der Waals surface area contributed by atoms with E-state index in [1.165, 1.54) is 21.7 Å². The van der Waals surface area contributed by atoms with Crippen LogP contribution in [0.3, 0.4) is 0 Å². The van der Waals surface area contributed by atoms with Gasteiger partial charge in [-0.05, 0) is 63.2 Å². The maximum atomic E-state index is 12.0. The summed E-state index contributed by atoms with van der Waals surface area (Å²) in [6.07, 6.45) is 6.60. The predicted octanol–water partition coefficient (Wildman–Crippen LogP) is 2.97. The van der Waals surface area contributed by atoms with Crippen molar-refractivity contribution >= 4 is 47.5 Å². The molecule has 2 aromatic rings. The van der Waals surface area contributed by atoms with E-state index in [0.717, 1.165) is 39.2 Å². The second kappa shape index (κ2) is 7.46. The molecule has 0 spiro atoms. The van der Waals surface area contributed by atoms with Crippen molar-refractivity contribution in [3.8, 4) is 0 Å². The lowest BCUT2D eigenvalue weighted by molar-refractivity contribution is -0.462. The van der Waals surface area contributed by atoms with Gasteiger partial charge in [-0.15, -0.1) is 11.3 Å². The van der Waals surface area contributed by atoms with Crippen LogP contribution in [-0.2, 0) is 0 Å². The minimum atomic E-state index is -2.04. The number of hydrogen-bond acceptors (Lipinski definition) is 4. The molecule has 0 unspecified atom stereocenters. The number of rotatable bonds is 3. The lowest BCUT2D eigenvalue weighted by Crippen LogP contribution is -2.50. The summed E-state index contributed by atoms with van der Waals surface area (Å²) in [5.41, 5.74) is 7.41. The standard InChI is InChI=1S/C25H28N2O2SSi/c1-15-14-30-24(25(28)29)22(15)23-18-10-8-16(26(2)3)12-20(18)31(6,7)21-13-17(27(4)5)9-11-19(21)23/h8-14H,1-7H3. The highest BCUT2D eigenvalue weighted by Crippen LogP contribution is 2.44. The van der Waals surface area contributed by atoms with E-state index in [1.54, 1.807) is 0 Å². The minimum Gasteiger partial charge on any atom is -0.544 e. The van der Waals surface area contributed by atoms with Crippen LogP contribution in [0.5, 0.6) is 0 Å². The van der Waals surface area contributed by atoms with E-state index in [-0.39, 0.29) is 0 Å². The van der Waals surface area contributed by atoms with E-state index in [1.807, 2.05) is 12.3 Å². The number of thiophene rings is 1. The summed E-state index contributed by atoms with van der Waals surface area (Å²) in [6, 6.07) is 6.60. The average molecular weight is 449 g/mol. The van der Waals surface area contributed by atoms with Crippen LogP contribution in [0.25, 0.3) is 5.57 Å². The average Bonchev–Trinajstić information content (AvgIpc) is 3.09. The Morgan fingerprint density at radius 2 is 1.87 bits per heavy atom. The fraction of sp³-hybridized carbons (Fsp3) is 0.280. The largest absolute Gasteiger partial charge is 0.544 e. The molecule has 0 saturated heterocycles. The third-order valence-electron chi connectivity index (χ3n) is 6.33. The van der Waals surface area contributed by atoms with Crippen molar-refractivity contribution < 1.29 is 14.5 Å². The Balaban J connectivity index is 2.15. The van der Waals surface area contributed by atoms with Gasteiger partial charge in [0.15, 0.2) is 5.71 Å². The SMILES string of the molecule is Cc1csc(C(=O)[O-])c1C1=C2C=CC(=[N+](C)C)C=C2[Si](C)(C)c2cc(N(C)C)ccc21. The molecular weight excluding hydrogens is 420 g/mol. The fourth-order valence-corrected chi connectivity index (χ4v) is 8.52. The predicted molar refractivity (Wildman–Crippen MR) is 132 cm³/mol. The summed E-state index contributed by atoms with van der Waals surface area (Å²) in [4.78, 5) is 14.4. The highest BCUT2D eigenvalue weighted by molar-refractivity contribution is 7.12. The Bertz CT molecular complexity index is 1240. The highest BCUT2D eigenvalue weighted by atomic mass is 32.1. The molecule has 1 aliphatic carbocycles. The molecule has 0 amide bonds. The van der Waals surface area contributed by atoms with E-state index in [9.17, 15) is 9.90 Å². The number of aromatic carboxylic acids is 1. The maximum absolute atomic E-state index is 12.0. The number of fused-ring (bicyclic) bond motifs is 2. The van der Waals surface area contributed by atoms with Crippen LogP contribution in [0.2, 0.25) is 13.1 Å². The smallest absolute Gasteiger partial charge is 0.199 e. The Morgan fingerprint density at radius 3 is 2.48 bits per heavy atom. The number of carboxylic acids is 1. The number of aryl methyl sites for hydroxylation is 1. The van der Waals surface area contributed by atoms with E-state index in [2.05, 4.69) is 87.2 Å². The zero-order valence-electron chi connectivity index (χ0n) is 19.2. The zero-order chi connectivity index (χ0) is 22.7. The maximum Gasteiger partial charge on any atom is 0.199 e. The number of nitrogens with zero attached hydrogens (tertiary/aromatic N) is 2. The number of carboxylic acid groups (broad SMARTS) is 1. The summed E-state index contributed by atoms with van der Waals surface area (Å²) in [7, 11) is 6.18. The molecule has 0 atom stereocenters. The normalized spacial score (nSPS) is 16.6. The van der Waals surface area contributed by atoms with Gasteiger partial charge < -0.3 is 14.8 Å². The van der Waals surface area contributed by atoms with Gasteiger partial charge in [0.2, 0.25) is 0 Å². The Labute approximate surface area is 189 Å². The second-order valence-electron chi connectivity index (χ2n) is 9.16. The molecular formula is C25H28N2O2SSi. The van der Waals surface area contributed by atoms with Crippen molar-refractivity contribution in [3.63, 3.8) is 0 Å². The molecule has 1 aliphatic heterocycles. The molecule has 0 radical (unpaired) electrons. The van der Waals surface area contributed by atoms with Gasteiger partial charge in [0, 0.05) is 37.5 Å². The Hall–Kier alpha value is -2.70. The first-order valence-corrected chi connectivity index (χ1v) is 14.2. The first-order valence-electron chi connectivity index (χ1n) is 10.3. The van der Waals surface area contributed by atoms with Gasteiger partial charge in [-0.2, -0.15) is 0 Å². The van der Waals surface area contributed by atoms with Crippen LogP contribution >= 0.6 is 11.3 Å². The number of anilines is 1. The highest BCUT2D eigenvalue weighted by Gasteiger charge is 2.41. The number of allylic oxidation sites excluding steroid dienone is 5. The number of benzene rings is 1. The fourth-order valence-electron chi connectivity index (χ4n) is 4.56. The zero-order valence-corrected chi connectivity index (χ0v) is 21.0. The third kappa shape index (κ3) is 3.34. The molecule has 4 rings (SSSR count). The van der Waals surface area contributed by atoms with E-state index in [4.69, 9.17) is 0 Å². The van der Waals surface area contributed by atoms with Crippen LogP contribution in [0, 0.1) is 6.92 Å². The van der Waals surface area contributed by atoms with E-state index < -0.39 is 14.0 Å². The summed E-state index contributed by atoms with van der Waals surface area (Å²) in [6.45, 7) is 6.77. The monoisotopic (exact) mass is 448 g/mol. The summed E-state index contributed by atoms with van der Waals surface area (Å²) >= 11 is 1.26. The molecule has 0 saturated carbocycles. The van der Waals surface area contributed by atoms with Crippen molar-refractivity contribution in [1.82, 2.24) is 0 Å². The number of carbonyl (C=O) groups is 1. The minimum absolute atomic E-state index is 0.305.